The number of rotatable bonds is 5. The average Bonchev–Trinajstić information content (AvgIpc) is 2.46. The van der Waals surface area contributed by atoms with Crippen LogP contribution in [0, 0.1) is 0 Å². The Balaban J connectivity index is 3.44. The SMILES string of the molecule is CCC(C(=O)OC)(C(=O)OC(C)(C)C)c1ccnc(SC)n1. The quantitative estimate of drug-likeness (QED) is 0.356. The first-order chi connectivity index (χ1) is 10.2. The van der Waals surface area contributed by atoms with Crippen LogP contribution < -0.4 is 0 Å². The van der Waals surface area contributed by atoms with E-state index in [1.54, 1.807) is 33.8 Å². The van der Waals surface area contributed by atoms with Crippen LogP contribution in [0.1, 0.15) is 39.8 Å². The highest BCUT2D eigenvalue weighted by Gasteiger charge is 2.51. The van der Waals surface area contributed by atoms with Gasteiger partial charge in [0, 0.05) is 6.20 Å². The van der Waals surface area contributed by atoms with Crippen molar-refractivity contribution in [3.8, 4) is 0 Å². The summed E-state index contributed by atoms with van der Waals surface area (Å²) in [5.74, 6) is -1.35. The summed E-state index contributed by atoms with van der Waals surface area (Å²) in [7, 11) is 1.24. The first kappa shape index (κ1) is 18.4. The smallest absolute Gasteiger partial charge is 0.330 e. The zero-order valence-corrected chi connectivity index (χ0v) is 14.6. The van der Waals surface area contributed by atoms with E-state index >= 15 is 0 Å². The van der Waals surface area contributed by atoms with Gasteiger partial charge in [0.2, 0.25) is 5.41 Å². The van der Waals surface area contributed by atoms with Gasteiger partial charge in [-0.1, -0.05) is 18.7 Å². The molecular weight excluding hydrogens is 304 g/mol. The van der Waals surface area contributed by atoms with Crippen LogP contribution in [-0.4, -0.2) is 40.9 Å². The number of hydrogen-bond acceptors (Lipinski definition) is 7. The van der Waals surface area contributed by atoms with Gasteiger partial charge in [0.25, 0.3) is 0 Å². The lowest BCUT2D eigenvalue weighted by Crippen LogP contribution is -2.48. The monoisotopic (exact) mass is 326 g/mol. The van der Waals surface area contributed by atoms with Crippen molar-refractivity contribution in [1.82, 2.24) is 9.97 Å². The number of nitrogens with zero attached hydrogens (tertiary/aromatic N) is 2. The van der Waals surface area contributed by atoms with Crippen LogP contribution in [-0.2, 0) is 24.5 Å². The summed E-state index contributed by atoms with van der Waals surface area (Å²) in [6.45, 7) is 6.96. The summed E-state index contributed by atoms with van der Waals surface area (Å²) in [5, 5.41) is 0.475. The second-order valence-electron chi connectivity index (χ2n) is 5.68. The van der Waals surface area contributed by atoms with Gasteiger partial charge in [0.1, 0.15) is 5.60 Å². The molecule has 0 aliphatic rings. The van der Waals surface area contributed by atoms with Crippen molar-refractivity contribution < 1.29 is 19.1 Å². The number of methoxy groups -OCH3 is 1. The molecule has 0 saturated heterocycles. The molecule has 0 aliphatic heterocycles. The molecule has 122 valence electrons. The number of esters is 2. The molecule has 1 heterocycles. The number of aromatic nitrogens is 2. The van der Waals surface area contributed by atoms with Crippen molar-refractivity contribution in [3.63, 3.8) is 0 Å². The Morgan fingerprint density at radius 1 is 1.27 bits per heavy atom. The van der Waals surface area contributed by atoms with Crippen molar-refractivity contribution in [1.29, 1.82) is 0 Å². The summed E-state index contributed by atoms with van der Waals surface area (Å²) in [5.41, 5.74) is -2.02. The maximum atomic E-state index is 12.7. The maximum absolute atomic E-state index is 12.7. The molecule has 0 aromatic carbocycles. The highest BCUT2D eigenvalue weighted by atomic mass is 32.2. The van der Waals surface area contributed by atoms with E-state index in [-0.39, 0.29) is 12.1 Å². The van der Waals surface area contributed by atoms with Gasteiger partial charge in [-0.05, 0) is 39.5 Å². The number of hydrogen-bond donors (Lipinski definition) is 0. The Morgan fingerprint density at radius 3 is 2.36 bits per heavy atom. The fourth-order valence-electron chi connectivity index (χ4n) is 1.98. The van der Waals surface area contributed by atoms with E-state index in [9.17, 15) is 9.59 Å². The molecule has 1 unspecified atom stereocenters. The second kappa shape index (κ2) is 7.09. The van der Waals surface area contributed by atoms with Gasteiger partial charge in [-0.15, -0.1) is 0 Å². The third-order valence-corrected chi connectivity index (χ3v) is 3.63. The van der Waals surface area contributed by atoms with E-state index in [0.717, 1.165) is 0 Å². The minimum atomic E-state index is -1.59. The van der Waals surface area contributed by atoms with Crippen LogP contribution in [0.3, 0.4) is 0 Å². The third kappa shape index (κ3) is 3.76. The maximum Gasteiger partial charge on any atom is 0.330 e. The lowest BCUT2D eigenvalue weighted by atomic mass is 9.81. The van der Waals surface area contributed by atoms with Crippen LogP contribution in [0.2, 0.25) is 0 Å². The van der Waals surface area contributed by atoms with Gasteiger partial charge < -0.3 is 9.47 Å². The average molecular weight is 326 g/mol. The molecule has 1 aromatic rings. The van der Waals surface area contributed by atoms with Crippen LogP contribution in [0.4, 0.5) is 0 Å². The van der Waals surface area contributed by atoms with Gasteiger partial charge in [-0.25, -0.2) is 9.97 Å². The summed E-state index contributed by atoms with van der Waals surface area (Å²) in [4.78, 5) is 33.5. The zero-order chi connectivity index (χ0) is 17.0. The number of carbonyl (C=O) groups is 2. The molecule has 1 aromatic heterocycles. The minimum Gasteiger partial charge on any atom is -0.468 e. The largest absolute Gasteiger partial charge is 0.468 e. The first-order valence-corrected chi connectivity index (χ1v) is 8.13. The predicted octanol–water partition coefficient (Wildman–Crippen LogP) is 2.36. The summed E-state index contributed by atoms with van der Waals surface area (Å²) < 4.78 is 10.3. The molecule has 0 radical (unpaired) electrons. The molecule has 0 aliphatic carbocycles. The lowest BCUT2D eigenvalue weighted by Gasteiger charge is -2.31. The first-order valence-electron chi connectivity index (χ1n) is 6.90. The number of thioether (sulfide) groups is 1. The van der Waals surface area contributed by atoms with E-state index in [1.807, 2.05) is 6.26 Å². The standard InChI is InChI=1S/C15H22N2O4S/c1-7-15(11(18)20-5,12(19)21-14(2,3)4)10-8-9-16-13(17-10)22-6/h8-9H,7H2,1-6H3. The summed E-state index contributed by atoms with van der Waals surface area (Å²) in [6, 6.07) is 1.55. The van der Waals surface area contributed by atoms with Crippen LogP contribution >= 0.6 is 11.8 Å². The van der Waals surface area contributed by atoms with Crippen LogP contribution in [0.5, 0.6) is 0 Å². The lowest BCUT2D eigenvalue weighted by molar-refractivity contribution is -0.171. The molecular formula is C15H22N2O4S. The Hall–Kier alpha value is -1.63. The molecule has 0 spiro atoms. The molecule has 22 heavy (non-hydrogen) atoms. The Morgan fingerprint density at radius 2 is 1.91 bits per heavy atom. The van der Waals surface area contributed by atoms with Gasteiger partial charge in [0.15, 0.2) is 5.16 Å². The summed E-state index contributed by atoms with van der Waals surface area (Å²) in [6.07, 6.45) is 3.52. The minimum absolute atomic E-state index is 0.180. The molecule has 1 rings (SSSR count). The Kier molecular flexibility index (Phi) is 5.93. The van der Waals surface area contributed by atoms with E-state index < -0.39 is 23.0 Å². The zero-order valence-electron chi connectivity index (χ0n) is 13.8. The van der Waals surface area contributed by atoms with E-state index in [0.29, 0.717) is 5.16 Å². The van der Waals surface area contributed by atoms with Gasteiger partial charge in [-0.2, -0.15) is 0 Å². The van der Waals surface area contributed by atoms with Crippen LogP contribution in [0.15, 0.2) is 17.4 Å². The molecule has 0 amide bonds. The van der Waals surface area contributed by atoms with Crippen molar-refractivity contribution in [2.75, 3.05) is 13.4 Å². The topological polar surface area (TPSA) is 78.4 Å². The van der Waals surface area contributed by atoms with Crippen LogP contribution in [0.25, 0.3) is 0 Å². The molecule has 0 bridgehead atoms. The van der Waals surface area contributed by atoms with E-state index in [4.69, 9.17) is 9.47 Å². The van der Waals surface area contributed by atoms with Gasteiger partial charge >= 0.3 is 11.9 Å². The molecule has 0 fully saturated rings. The van der Waals surface area contributed by atoms with Crippen molar-refractivity contribution in [2.24, 2.45) is 0 Å². The van der Waals surface area contributed by atoms with E-state index in [2.05, 4.69) is 9.97 Å². The molecule has 1 atom stereocenters. The fourth-order valence-corrected chi connectivity index (χ4v) is 2.33. The molecule has 6 nitrogen and oxygen atoms in total. The van der Waals surface area contributed by atoms with Crippen molar-refractivity contribution >= 4 is 23.7 Å². The normalized spacial score (nSPS) is 14.1. The highest BCUT2D eigenvalue weighted by molar-refractivity contribution is 7.98. The van der Waals surface area contributed by atoms with Gasteiger partial charge in [-0.3, -0.25) is 9.59 Å². The van der Waals surface area contributed by atoms with Gasteiger partial charge in [0.05, 0.1) is 12.8 Å². The van der Waals surface area contributed by atoms with Crippen molar-refractivity contribution in [2.45, 2.75) is 50.3 Å². The predicted molar refractivity (Wildman–Crippen MR) is 83.6 cm³/mol. The second-order valence-corrected chi connectivity index (χ2v) is 6.45. The highest BCUT2D eigenvalue weighted by Crippen LogP contribution is 2.32. The molecule has 7 heteroatoms. The number of ether oxygens (including phenoxy) is 2. The van der Waals surface area contributed by atoms with E-state index in [1.165, 1.54) is 25.1 Å². The molecule has 0 saturated carbocycles. The number of carbonyl (C=O) groups excluding carboxylic acids is 2. The Bertz CT molecular complexity index is 557. The molecule has 0 N–H and O–H groups in total. The van der Waals surface area contributed by atoms with Crippen molar-refractivity contribution in [3.05, 3.63) is 18.0 Å². The third-order valence-electron chi connectivity index (χ3n) is 3.06. The fraction of sp³-hybridized carbons (Fsp3) is 0.600. The summed E-state index contributed by atoms with van der Waals surface area (Å²) >= 11 is 1.33. The Labute approximate surface area is 135 Å².